The van der Waals surface area contributed by atoms with Crippen molar-refractivity contribution in [1.82, 2.24) is 5.32 Å². The average molecular weight is 323 g/mol. The lowest BCUT2D eigenvalue weighted by Crippen LogP contribution is -2.31. The molecule has 1 amide bonds. The summed E-state index contributed by atoms with van der Waals surface area (Å²) in [5.41, 5.74) is 0.425. The highest BCUT2D eigenvalue weighted by Gasteiger charge is 2.17. The number of aliphatic carboxylic acids is 1. The van der Waals surface area contributed by atoms with Crippen LogP contribution in [0, 0.1) is 0 Å². The smallest absolute Gasteiger partial charge is 0.341 e. The van der Waals surface area contributed by atoms with Crippen LogP contribution in [-0.4, -0.2) is 49.5 Å². The molecule has 1 saturated heterocycles. The van der Waals surface area contributed by atoms with Crippen LogP contribution in [-0.2, 0) is 9.53 Å². The van der Waals surface area contributed by atoms with Crippen molar-refractivity contribution in [3.8, 4) is 11.5 Å². The molecule has 7 nitrogen and oxygen atoms in total. The van der Waals surface area contributed by atoms with E-state index in [1.54, 1.807) is 19.1 Å². The lowest BCUT2D eigenvalue weighted by molar-refractivity contribution is -0.139. The van der Waals surface area contributed by atoms with Crippen LogP contribution in [0.25, 0.3) is 0 Å². The Morgan fingerprint density at radius 2 is 2.17 bits per heavy atom. The summed E-state index contributed by atoms with van der Waals surface area (Å²) in [5.74, 6) is -0.666. The Hall–Kier alpha value is -2.28. The Labute approximate surface area is 134 Å². The van der Waals surface area contributed by atoms with Crippen molar-refractivity contribution in [2.24, 2.45) is 0 Å². The van der Waals surface area contributed by atoms with Gasteiger partial charge in [-0.05, 0) is 38.0 Å². The molecule has 1 aromatic rings. The molecule has 1 fully saturated rings. The first-order valence-electron chi connectivity index (χ1n) is 7.61. The first kappa shape index (κ1) is 17.1. The molecule has 1 unspecified atom stereocenters. The Bertz CT molecular complexity index is 554. The number of hydrogen-bond donors (Lipinski definition) is 2. The van der Waals surface area contributed by atoms with Crippen LogP contribution in [0.4, 0.5) is 0 Å². The predicted molar refractivity (Wildman–Crippen MR) is 82.0 cm³/mol. The van der Waals surface area contributed by atoms with Crippen LogP contribution >= 0.6 is 0 Å². The number of carbonyl (C=O) groups excluding carboxylic acids is 1. The Morgan fingerprint density at radius 3 is 2.83 bits per heavy atom. The summed E-state index contributed by atoms with van der Waals surface area (Å²) in [6, 6.07) is 4.66. The van der Waals surface area contributed by atoms with Crippen LogP contribution in [0.5, 0.6) is 11.5 Å². The number of nitrogens with one attached hydrogen (secondary N) is 1. The average Bonchev–Trinajstić information content (AvgIpc) is 3.05. The van der Waals surface area contributed by atoms with Gasteiger partial charge in [0, 0.05) is 18.7 Å². The van der Waals surface area contributed by atoms with Gasteiger partial charge in [0.25, 0.3) is 5.91 Å². The number of carboxylic acid groups (broad SMARTS) is 1. The molecule has 0 aliphatic carbocycles. The minimum Gasteiger partial charge on any atom is -0.490 e. The Balaban J connectivity index is 2.01. The summed E-state index contributed by atoms with van der Waals surface area (Å²) >= 11 is 0. The third kappa shape index (κ3) is 5.14. The van der Waals surface area contributed by atoms with E-state index in [9.17, 15) is 9.59 Å². The SMILES string of the molecule is CCOc1cc(C(=O)NCC2CCCO2)ccc1OCC(=O)O. The molecule has 2 rings (SSSR count). The molecule has 1 aliphatic heterocycles. The van der Waals surface area contributed by atoms with E-state index in [2.05, 4.69) is 5.32 Å². The van der Waals surface area contributed by atoms with E-state index in [0.717, 1.165) is 19.4 Å². The fourth-order valence-corrected chi connectivity index (χ4v) is 2.29. The molecular weight excluding hydrogens is 302 g/mol. The number of benzene rings is 1. The second kappa shape index (κ2) is 8.38. The van der Waals surface area contributed by atoms with Crippen LogP contribution in [0.2, 0.25) is 0 Å². The van der Waals surface area contributed by atoms with Crippen molar-refractivity contribution >= 4 is 11.9 Å². The Morgan fingerprint density at radius 1 is 1.35 bits per heavy atom. The maximum Gasteiger partial charge on any atom is 0.341 e. The zero-order chi connectivity index (χ0) is 16.7. The fraction of sp³-hybridized carbons (Fsp3) is 0.500. The van der Waals surface area contributed by atoms with Gasteiger partial charge in [-0.25, -0.2) is 4.79 Å². The molecule has 0 radical (unpaired) electrons. The summed E-state index contributed by atoms with van der Waals surface area (Å²) < 4.78 is 16.0. The zero-order valence-electron chi connectivity index (χ0n) is 13.0. The number of carbonyl (C=O) groups is 2. The highest BCUT2D eigenvalue weighted by Crippen LogP contribution is 2.28. The molecular formula is C16H21NO6. The monoisotopic (exact) mass is 323 g/mol. The molecule has 1 heterocycles. The van der Waals surface area contributed by atoms with E-state index in [4.69, 9.17) is 19.3 Å². The van der Waals surface area contributed by atoms with E-state index in [1.807, 2.05) is 0 Å². The summed E-state index contributed by atoms with van der Waals surface area (Å²) in [6.45, 7) is 2.92. The third-order valence-corrected chi connectivity index (χ3v) is 3.37. The van der Waals surface area contributed by atoms with Crippen LogP contribution in [0.15, 0.2) is 18.2 Å². The summed E-state index contributed by atoms with van der Waals surface area (Å²) in [7, 11) is 0. The van der Waals surface area contributed by atoms with E-state index in [1.165, 1.54) is 6.07 Å². The van der Waals surface area contributed by atoms with Gasteiger partial charge >= 0.3 is 5.97 Å². The summed E-state index contributed by atoms with van der Waals surface area (Å²) in [6.07, 6.45) is 2.04. The number of ether oxygens (including phenoxy) is 3. The molecule has 1 atom stereocenters. The van der Waals surface area contributed by atoms with Crippen molar-refractivity contribution in [1.29, 1.82) is 0 Å². The van der Waals surface area contributed by atoms with E-state index < -0.39 is 12.6 Å². The predicted octanol–water partition coefficient (Wildman–Crippen LogP) is 1.46. The zero-order valence-corrected chi connectivity index (χ0v) is 13.0. The fourth-order valence-electron chi connectivity index (χ4n) is 2.29. The summed E-state index contributed by atoms with van der Waals surface area (Å²) in [5, 5.41) is 11.5. The highest BCUT2D eigenvalue weighted by molar-refractivity contribution is 5.94. The molecule has 0 bridgehead atoms. The standard InChI is InChI=1S/C16H21NO6/c1-2-21-14-8-11(5-6-13(14)23-10-15(18)19)16(20)17-9-12-4-3-7-22-12/h5-6,8,12H,2-4,7,9-10H2,1H3,(H,17,20)(H,18,19). The highest BCUT2D eigenvalue weighted by atomic mass is 16.5. The van der Waals surface area contributed by atoms with Crippen molar-refractivity contribution in [3.05, 3.63) is 23.8 Å². The molecule has 0 saturated carbocycles. The molecule has 0 spiro atoms. The number of amides is 1. The second-order valence-electron chi connectivity index (χ2n) is 5.12. The minimum absolute atomic E-state index is 0.0727. The lowest BCUT2D eigenvalue weighted by atomic mass is 10.1. The van der Waals surface area contributed by atoms with Gasteiger partial charge < -0.3 is 24.6 Å². The van der Waals surface area contributed by atoms with Crippen molar-refractivity contribution in [2.45, 2.75) is 25.9 Å². The topological polar surface area (TPSA) is 94.1 Å². The van der Waals surface area contributed by atoms with Gasteiger partial charge in [0.05, 0.1) is 12.7 Å². The molecule has 2 N–H and O–H groups in total. The maximum atomic E-state index is 12.2. The first-order chi connectivity index (χ1) is 11.1. The number of carboxylic acids is 1. The van der Waals surface area contributed by atoms with Gasteiger partial charge in [-0.2, -0.15) is 0 Å². The van der Waals surface area contributed by atoms with E-state index in [0.29, 0.717) is 30.2 Å². The quantitative estimate of drug-likeness (QED) is 0.752. The summed E-state index contributed by atoms with van der Waals surface area (Å²) in [4.78, 5) is 22.8. The molecule has 7 heteroatoms. The van der Waals surface area contributed by atoms with Gasteiger partial charge in [0.2, 0.25) is 0 Å². The molecule has 23 heavy (non-hydrogen) atoms. The lowest BCUT2D eigenvalue weighted by Gasteiger charge is -2.14. The molecule has 0 aromatic heterocycles. The van der Waals surface area contributed by atoms with Gasteiger partial charge in [-0.15, -0.1) is 0 Å². The van der Waals surface area contributed by atoms with Gasteiger partial charge in [-0.1, -0.05) is 0 Å². The minimum atomic E-state index is -1.08. The molecule has 126 valence electrons. The van der Waals surface area contributed by atoms with Crippen LogP contribution in [0.1, 0.15) is 30.1 Å². The molecule has 1 aliphatic rings. The Kier molecular flexibility index (Phi) is 6.22. The van der Waals surface area contributed by atoms with E-state index >= 15 is 0 Å². The van der Waals surface area contributed by atoms with Crippen LogP contribution < -0.4 is 14.8 Å². The maximum absolute atomic E-state index is 12.2. The first-order valence-corrected chi connectivity index (χ1v) is 7.61. The van der Waals surface area contributed by atoms with Gasteiger partial charge in [0.1, 0.15) is 0 Å². The van der Waals surface area contributed by atoms with Crippen molar-refractivity contribution in [2.75, 3.05) is 26.4 Å². The number of rotatable bonds is 8. The van der Waals surface area contributed by atoms with Gasteiger partial charge in [-0.3, -0.25) is 4.79 Å². The van der Waals surface area contributed by atoms with Crippen LogP contribution in [0.3, 0.4) is 0 Å². The second-order valence-corrected chi connectivity index (χ2v) is 5.12. The third-order valence-electron chi connectivity index (χ3n) is 3.37. The van der Waals surface area contributed by atoms with Gasteiger partial charge in [0.15, 0.2) is 18.1 Å². The molecule has 1 aromatic carbocycles. The largest absolute Gasteiger partial charge is 0.490 e. The van der Waals surface area contributed by atoms with Crippen molar-refractivity contribution < 1.29 is 28.9 Å². The normalized spacial score (nSPS) is 16.8. The van der Waals surface area contributed by atoms with Crippen molar-refractivity contribution in [3.63, 3.8) is 0 Å². The van der Waals surface area contributed by atoms with E-state index in [-0.39, 0.29) is 12.0 Å². The number of hydrogen-bond acceptors (Lipinski definition) is 5.